The maximum atomic E-state index is 9.36. The molecule has 0 aromatic rings. The van der Waals surface area contributed by atoms with Crippen LogP contribution in [-0.4, -0.2) is 5.11 Å². The predicted octanol–water partition coefficient (Wildman–Crippen LogP) is 3.44. The highest BCUT2D eigenvalue weighted by molar-refractivity contribution is 5.21. The summed E-state index contributed by atoms with van der Waals surface area (Å²) in [5.74, 6) is 1.84. The largest absolute Gasteiger partial charge is 0.512 e. The Morgan fingerprint density at radius 3 is 2.75 bits per heavy atom. The minimum atomic E-state index is 0.511. The van der Waals surface area contributed by atoms with Gasteiger partial charge in [-0.3, -0.25) is 0 Å². The molecule has 0 heterocycles. The van der Waals surface area contributed by atoms with E-state index in [1.807, 2.05) is 0 Å². The molecule has 0 spiro atoms. The van der Waals surface area contributed by atoms with Gasteiger partial charge < -0.3 is 5.11 Å². The summed E-state index contributed by atoms with van der Waals surface area (Å²) in [5.41, 5.74) is 1.07. The maximum absolute atomic E-state index is 9.36. The average Bonchev–Trinajstić information content (AvgIpc) is 1.81. The summed E-state index contributed by atoms with van der Waals surface area (Å²) in [4.78, 5) is 0. The van der Waals surface area contributed by atoms with E-state index >= 15 is 0 Å². The summed E-state index contributed by atoms with van der Waals surface area (Å²) in [6, 6.07) is 0. The Morgan fingerprint density at radius 1 is 1.58 bits per heavy atom. The molecule has 1 atom stereocenters. The smallest absolute Gasteiger partial charge is 0.0928 e. The van der Waals surface area contributed by atoms with Crippen molar-refractivity contribution >= 4 is 0 Å². The van der Waals surface area contributed by atoms with Crippen LogP contribution in [0.1, 0.15) is 33.1 Å². The molecule has 1 nitrogen and oxygen atoms in total. The van der Waals surface area contributed by atoms with Crippen molar-refractivity contribution in [2.75, 3.05) is 0 Å². The summed E-state index contributed by atoms with van der Waals surface area (Å²) in [5, 5.41) is 9.36. The van der Waals surface area contributed by atoms with Crippen LogP contribution in [0.15, 0.2) is 24.0 Å². The van der Waals surface area contributed by atoms with Crippen molar-refractivity contribution in [2.45, 2.75) is 33.1 Å². The molecule has 0 saturated heterocycles. The second kappa shape index (κ2) is 3.79. The Bertz CT molecular complexity index is 201. The third-order valence-corrected chi connectivity index (χ3v) is 2.22. The second-order valence-corrected chi connectivity index (χ2v) is 4.20. The summed E-state index contributed by atoms with van der Waals surface area (Å²) in [7, 11) is 0. The Balaban J connectivity index is 2.50. The van der Waals surface area contributed by atoms with E-state index in [2.05, 4.69) is 20.4 Å². The SMILES string of the molecule is C=C1C=C(O)CC(CC(C)C)C1. The van der Waals surface area contributed by atoms with Gasteiger partial charge >= 0.3 is 0 Å². The van der Waals surface area contributed by atoms with Crippen LogP contribution in [0, 0.1) is 11.8 Å². The van der Waals surface area contributed by atoms with E-state index in [-0.39, 0.29) is 0 Å². The quantitative estimate of drug-likeness (QED) is 0.666. The van der Waals surface area contributed by atoms with Crippen LogP contribution in [0.5, 0.6) is 0 Å². The third-order valence-electron chi connectivity index (χ3n) is 2.22. The minimum absolute atomic E-state index is 0.511. The maximum Gasteiger partial charge on any atom is 0.0928 e. The Morgan fingerprint density at radius 2 is 2.25 bits per heavy atom. The average molecular weight is 166 g/mol. The van der Waals surface area contributed by atoms with Gasteiger partial charge in [0.25, 0.3) is 0 Å². The van der Waals surface area contributed by atoms with Gasteiger partial charge in [-0.15, -0.1) is 0 Å². The second-order valence-electron chi connectivity index (χ2n) is 4.20. The molecule has 0 fully saturated rings. The fourth-order valence-corrected chi connectivity index (χ4v) is 1.93. The molecule has 1 unspecified atom stereocenters. The van der Waals surface area contributed by atoms with Gasteiger partial charge in [0.2, 0.25) is 0 Å². The van der Waals surface area contributed by atoms with E-state index < -0.39 is 0 Å². The first-order valence-corrected chi connectivity index (χ1v) is 4.65. The lowest BCUT2D eigenvalue weighted by Gasteiger charge is -2.22. The van der Waals surface area contributed by atoms with Gasteiger partial charge in [0.05, 0.1) is 5.76 Å². The number of allylic oxidation sites excluding steroid dienone is 3. The van der Waals surface area contributed by atoms with Crippen molar-refractivity contribution in [2.24, 2.45) is 11.8 Å². The molecule has 0 aromatic carbocycles. The summed E-state index contributed by atoms with van der Waals surface area (Å²) in [6.45, 7) is 8.33. The number of aliphatic hydroxyl groups excluding tert-OH is 1. The standard InChI is InChI=1S/C11H18O/c1-8(2)4-10-5-9(3)6-11(12)7-10/h6,8,10,12H,3-5,7H2,1-2H3. The van der Waals surface area contributed by atoms with Crippen molar-refractivity contribution in [1.82, 2.24) is 0 Å². The van der Waals surface area contributed by atoms with Gasteiger partial charge in [-0.05, 0) is 30.8 Å². The van der Waals surface area contributed by atoms with E-state index in [0.717, 1.165) is 18.4 Å². The van der Waals surface area contributed by atoms with Crippen LogP contribution >= 0.6 is 0 Å². The van der Waals surface area contributed by atoms with Gasteiger partial charge in [-0.25, -0.2) is 0 Å². The first-order chi connectivity index (χ1) is 5.58. The Kier molecular flexibility index (Phi) is 2.96. The highest BCUT2D eigenvalue weighted by Gasteiger charge is 2.17. The van der Waals surface area contributed by atoms with E-state index in [1.54, 1.807) is 6.08 Å². The Labute approximate surface area is 74.8 Å². The highest BCUT2D eigenvalue weighted by Crippen LogP contribution is 2.30. The number of aliphatic hydroxyl groups is 1. The molecule has 0 aromatic heterocycles. The molecule has 0 saturated carbocycles. The lowest BCUT2D eigenvalue weighted by atomic mass is 9.84. The topological polar surface area (TPSA) is 20.2 Å². The van der Waals surface area contributed by atoms with E-state index in [4.69, 9.17) is 0 Å². The molecular formula is C11H18O. The van der Waals surface area contributed by atoms with Crippen molar-refractivity contribution in [3.8, 4) is 0 Å². The van der Waals surface area contributed by atoms with Gasteiger partial charge in [0.1, 0.15) is 0 Å². The first-order valence-electron chi connectivity index (χ1n) is 4.65. The third kappa shape index (κ3) is 2.72. The fraction of sp³-hybridized carbons (Fsp3) is 0.636. The molecule has 1 heteroatoms. The molecule has 1 rings (SSSR count). The normalized spacial score (nSPS) is 24.4. The molecular weight excluding hydrogens is 148 g/mol. The molecule has 1 aliphatic carbocycles. The summed E-state index contributed by atoms with van der Waals surface area (Å²) < 4.78 is 0. The van der Waals surface area contributed by atoms with E-state index in [1.165, 1.54) is 6.42 Å². The minimum Gasteiger partial charge on any atom is -0.512 e. The molecule has 0 bridgehead atoms. The lowest BCUT2D eigenvalue weighted by Crippen LogP contribution is -2.10. The molecule has 0 aliphatic heterocycles. The van der Waals surface area contributed by atoms with Crippen molar-refractivity contribution < 1.29 is 5.11 Å². The molecule has 0 amide bonds. The highest BCUT2D eigenvalue weighted by atomic mass is 16.3. The van der Waals surface area contributed by atoms with Crippen LogP contribution in [-0.2, 0) is 0 Å². The van der Waals surface area contributed by atoms with Crippen LogP contribution in [0.25, 0.3) is 0 Å². The van der Waals surface area contributed by atoms with Crippen molar-refractivity contribution in [3.05, 3.63) is 24.0 Å². The van der Waals surface area contributed by atoms with Gasteiger partial charge in [-0.1, -0.05) is 26.0 Å². The fourth-order valence-electron chi connectivity index (χ4n) is 1.93. The summed E-state index contributed by atoms with van der Waals surface area (Å²) >= 11 is 0. The van der Waals surface area contributed by atoms with Gasteiger partial charge in [0.15, 0.2) is 0 Å². The molecule has 1 aliphatic rings. The predicted molar refractivity (Wildman–Crippen MR) is 52.0 cm³/mol. The number of rotatable bonds is 2. The van der Waals surface area contributed by atoms with Crippen LogP contribution in [0.3, 0.4) is 0 Å². The van der Waals surface area contributed by atoms with Gasteiger partial charge in [-0.2, -0.15) is 0 Å². The van der Waals surface area contributed by atoms with Crippen LogP contribution < -0.4 is 0 Å². The van der Waals surface area contributed by atoms with Crippen LogP contribution in [0.2, 0.25) is 0 Å². The van der Waals surface area contributed by atoms with Crippen molar-refractivity contribution in [1.29, 1.82) is 0 Å². The molecule has 0 radical (unpaired) electrons. The Hall–Kier alpha value is -0.720. The molecule has 12 heavy (non-hydrogen) atoms. The van der Waals surface area contributed by atoms with Crippen molar-refractivity contribution in [3.63, 3.8) is 0 Å². The molecule has 1 N–H and O–H groups in total. The molecule has 68 valence electrons. The van der Waals surface area contributed by atoms with E-state index in [0.29, 0.717) is 17.6 Å². The summed E-state index contributed by atoms with van der Waals surface area (Å²) in [6.07, 6.45) is 4.90. The zero-order valence-electron chi connectivity index (χ0n) is 8.01. The van der Waals surface area contributed by atoms with Crippen LogP contribution in [0.4, 0.5) is 0 Å². The zero-order valence-corrected chi connectivity index (χ0v) is 8.01. The number of hydrogen-bond acceptors (Lipinski definition) is 1. The van der Waals surface area contributed by atoms with E-state index in [9.17, 15) is 5.11 Å². The number of hydrogen-bond donors (Lipinski definition) is 1. The first kappa shape index (κ1) is 9.37. The monoisotopic (exact) mass is 166 g/mol. The zero-order chi connectivity index (χ0) is 9.14. The lowest BCUT2D eigenvalue weighted by molar-refractivity contribution is 0.309. The van der Waals surface area contributed by atoms with Gasteiger partial charge in [0, 0.05) is 6.42 Å².